The molecule has 2 aromatic carbocycles. The summed E-state index contributed by atoms with van der Waals surface area (Å²) in [7, 11) is -3.35. The van der Waals surface area contributed by atoms with Gasteiger partial charge in [0.05, 0.1) is 10.6 Å². The minimum atomic E-state index is -3.35. The molecule has 0 aliphatic rings. The number of hydrogen-bond acceptors (Lipinski definition) is 10. The van der Waals surface area contributed by atoms with E-state index in [9.17, 15) is 22.8 Å². The number of aryl methyl sites for hydroxylation is 2. The van der Waals surface area contributed by atoms with Crippen LogP contribution in [0.3, 0.4) is 0 Å². The lowest BCUT2D eigenvalue weighted by molar-refractivity contribution is -0.114. The third-order valence-corrected chi connectivity index (χ3v) is 8.11. The number of carbonyl (C=O) groups is 3. The molecule has 1 heterocycles. The number of aromatic nitrogens is 1. The second kappa shape index (κ2) is 14.9. The topological polar surface area (TPSA) is 165 Å². The molecule has 0 aliphatic heterocycles. The minimum Gasteiger partial charge on any atom is -0.444 e. The first kappa shape index (κ1) is 36.3. The van der Waals surface area contributed by atoms with Crippen molar-refractivity contribution in [3.8, 4) is 0 Å². The number of nitrogens with one attached hydrogen (secondary N) is 4. The molecule has 0 fully saturated rings. The van der Waals surface area contributed by atoms with E-state index >= 15 is 0 Å². The molecule has 1 aromatic heterocycles. The molecule has 0 radical (unpaired) electrons. The zero-order valence-electron chi connectivity index (χ0n) is 27.4. The van der Waals surface area contributed by atoms with Gasteiger partial charge in [-0.15, -0.1) is 11.3 Å². The van der Waals surface area contributed by atoms with Crippen LogP contribution in [0.4, 0.5) is 20.4 Å². The molecule has 3 amide bonds. The second-order valence-corrected chi connectivity index (χ2v) is 15.8. The van der Waals surface area contributed by atoms with E-state index < -0.39 is 39.5 Å². The molecule has 0 spiro atoms. The van der Waals surface area contributed by atoms with Crippen LogP contribution in [0.2, 0.25) is 0 Å². The van der Waals surface area contributed by atoms with Gasteiger partial charge in [0.25, 0.3) is 0 Å². The van der Waals surface area contributed by atoms with E-state index in [0.29, 0.717) is 30.1 Å². The second-order valence-electron chi connectivity index (χ2n) is 12.7. The van der Waals surface area contributed by atoms with E-state index in [2.05, 4.69) is 26.3 Å². The molecule has 0 aliphatic carbocycles. The van der Waals surface area contributed by atoms with E-state index in [1.54, 1.807) is 59.7 Å². The Balaban J connectivity index is 1.73. The number of sulfone groups is 1. The first-order valence-electron chi connectivity index (χ1n) is 14.7. The summed E-state index contributed by atoms with van der Waals surface area (Å²) < 4.78 is 34.8. The van der Waals surface area contributed by atoms with Crippen molar-refractivity contribution in [1.82, 2.24) is 15.6 Å². The maximum absolute atomic E-state index is 12.4. The fourth-order valence-corrected chi connectivity index (χ4v) is 5.93. The summed E-state index contributed by atoms with van der Waals surface area (Å²) >= 11 is 1.36. The van der Waals surface area contributed by atoms with Crippen LogP contribution in [0.1, 0.15) is 70.2 Å². The van der Waals surface area contributed by atoms with Crippen molar-refractivity contribution in [3.05, 3.63) is 70.2 Å². The number of thiazole rings is 1. The Morgan fingerprint density at radius 2 is 1.46 bits per heavy atom. The summed E-state index contributed by atoms with van der Waals surface area (Å²) in [4.78, 5) is 42.4. The molecule has 3 rings (SSSR count). The molecular weight excluding hydrogens is 631 g/mol. The first-order valence-corrected chi connectivity index (χ1v) is 17.4. The molecule has 0 unspecified atom stereocenters. The predicted molar refractivity (Wildman–Crippen MR) is 179 cm³/mol. The van der Waals surface area contributed by atoms with Crippen molar-refractivity contribution in [1.29, 1.82) is 0 Å². The molecule has 0 saturated carbocycles. The van der Waals surface area contributed by atoms with Gasteiger partial charge in [0, 0.05) is 30.2 Å². The Labute approximate surface area is 274 Å². The van der Waals surface area contributed by atoms with Crippen LogP contribution in [-0.2, 0) is 43.4 Å². The van der Waals surface area contributed by atoms with Crippen molar-refractivity contribution in [2.24, 2.45) is 0 Å². The van der Waals surface area contributed by atoms with E-state index in [-0.39, 0.29) is 10.8 Å². The molecule has 250 valence electrons. The highest BCUT2D eigenvalue weighted by Crippen LogP contribution is 2.28. The standard InChI is InChI=1S/C32H43N5O7S2/c1-20(38)33-28-35-25(26(45-28)19-22-10-9-11-24(18-22)46(8,41)42)17-14-21-12-15-23(16-13-21)34-27(36-29(39)43-31(2,3)4)37-30(40)44-32(5,6)7/h9-13,15-16,18,27,34H,14,17,19H2,1-8H3,(H,36,39)(H,37,40)(H,33,35,38). The number of rotatable bonds is 11. The maximum Gasteiger partial charge on any atom is 0.410 e. The number of nitrogens with zero attached hydrogens (tertiary/aromatic N) is 1. The molecule has 3 aromatic rings. The number of ether oxygens (including phenoxy) is 2. The van der Waals surface area contributed by atoms with Crippen LogP contribution in [0.5, 0.6) is 0 Å². The average molecular weight is 674 g/mol. The van der Waals surface area contributed by atoms with E-state index in [0.717, 1.165) is 21.7 Å². The fraction of sp³-hybridized carbons (Fsp3) is 0.438. The van der Waals surface area contributed by atoms with Gasteiger partial charge in [0.1, 0.15) is 11.2 Å². The number of benzene rings is 2. The first-order chi connectivity index (χ1) is 21.3. The molecule has 4 N–H and O–H groups in total. The Morgan fingerprint density at radius 3 is 1.98 bits per heavy atom. The van der Waals surface area contributed by atoms with Gasteiger partial charge in [-0.05, 0) is 89.8 Å². The lowest BCUT2D eigenvalue weighted by atomic mass is 10.0. The smallest absolute Gasteiger partial charge is 0.410 e. The van der Waals surface area contributed by atoms with Gasteiger partial charge in [-0.25, -0.2) is 23.0 Å². The minimum absolute atomic E-state index is 0.227. The third-order valence-electron chi connectivity index (χ3n) is 5.99. The lowest BCUT2D eigenvalue weighted by Gasteiger charge is -2.27. The molecule has 0 saturated heterocycles. The zero-order valence-corrected chi connectivity index (χ0v) is 29.1. The SMILES string of the molecule is CC(=O)Nc1nc(CCc2ccc(NC(NC(=O)OC(C)(C)C)NC(=O)OC(C)(C)C)cc2)c(Cc2cccc(S(C)(=O)=O)c2)s1. The third kappa shape index (κ3) is 12.7. The normalized spacial score (nSPS) is 11.9. The number of anilines is 2. The van der Waals surface area contributed by atoms with Gasteiger partial charge in [-0.2, -0.15) is 0 Å². The summed E-state index contributed by atoms with van der Waals surface area (Å²) in [5.74, 6) is -0.227. The largest absolute Gasteiger partial charge is 0.444 e. The Hall–Kier alpha value is -4.17. The van der Waals surface area contributed by atoms with Crippen LogP contribution in [0, 0.1) is 0 Å². The van der Waals surface area contributed by atoms with Crippen molar-refractivity contribution in [2.75, 3.05) is 16.9 Å². The van der Waals surface area contributed by atoms with Crippen molar-refractivity contribution in [2.45, 2.75) is 90.1 Å². The summed E-state index contributed by atoms with van der Waals surface area (Å²) in [6, 6.07) is 14.3. The Bertz CT molecular complexity index is 1610. The quantitative estimate of drug-likeness (QED) is 0.189. The zero-order chi connectivity index (χ0) is 34.3. The highest BCUT2D eigenvalue weighted by atomic mass is 32.2. The molecule has 46 heavy (non-hydrogen) atoms. The van der Waals surface area contributed by atoms with E-state index in [4.69, 9.17) is 9.47 Å². The Morgan fingerprint density at radius 1 is 0.870 bits per heavy atom. The van der Waals surface area contributed by atoms with Gasteiger partial charge >= 0.3 is 12.2 Å². The fourth-order valence-electron chi connectivity index (χ4n) is 4.15. The highest BCUT2D eigenvalue weighted by molar-refractivity contribution is 7.90. The molecule has 0 bridgehead atoms. The number of carbonyl (C=O) groups excluding carboxylic acids is 3. The maximum atomic E-state index is 12.4. The molecule has 14 heteroatoms. The van der Waals surface area contributed by atoms with Crippen molar-refractivity contribution in [3.63, 3.8) is 0 Å². The summed E-state index contributed by atoms with van der Waals surface area (Å²) in [5, 5.41) is 11.5. The highest BCUT2D eigenvalue weighted by Gasteiger charge is 2.23. The molecular formula is C32H43N5O7S2. The molecule has 12 nitrogen and oxygen atoms in total. The summed E-state index contributed by atoms with van der Waals surface area (Å²) in [6.07, 6.45) is 0.381. The van der Waals surface area contributed by atoms with Crippen LogP contribution < -0.4 is 21.3 Å². The van der Waals surface area contributed by atoms with Gasteiger partial charge < -0.3 is 20.1 Å². The number of hydrogen-bond donors (Lipinski definition) is 4. The van der Waals surface area contributed by atoms with Gasteiger partial charge in [0.2, 0.25) is 5.91 Å². The van der Waals surface area contributed by atoms with Crippen LogP contribution >= 0.6 is 11.3 Å². The number of amides is 3. The summed E-state index contributed by atoms with van der Waals surface area (Å²) in [5.41, 5.74) is 1.79. The van der Waals surface area contributed by atoms with Crippen LogP contribution in [0.25, 0.3) is 0 Å². The number of alkyl carbamates (subject to hydrolysis) is 2. The lowest BCUT2D eigenvalue weighted by Crippen LogP contribution is -2.54. The van der Waals surface area contributed by atoms with Crippen molar-refractivity contribution < 1.29 is 32.3 Å². The van der Waals surface area contributed by atoms with Crippen molar-refractivity contribution >= 4 is 50.1 Å². The van der Waals surface area contributed by atoms with Crippen LogP contribution in [-0.4, -0.2) is 55.2 Å². The van der Waals surface area contributed by atoms with E-state index in [1.807, 2.05) is 30.3 Å². The van der Waals surface area contributed by atoms with Crippen LogP contribution in [0.15, 0.2) is 53.4 Å². The average Bonchev–Trinajstić information content (AvgIpc) is 3.25. The van der Waals surface area contributed by atoms with Gasteiger partial charge in [0.15, 0.2) is 21.3 Å². The van der Waals surface area contributed by atoms with Gasteiger partial charge in [-0.1, -0.05) is 24.3 Å². The predicted octanol–water partition coefficient (Wildman–Crippen LogP) is 5.63. The monoisotopic (exact) mass is 673 g/mol. The molecule has 0 atom stereocenters. The Kier molecular flexibility index (Phi) is 11.8. The summed E-state index contributed by atoms with van der Waals surface area (Å²) in [6.45, 7) is 11.8. The van der Waals surface area contributed by atoms with Gasteiger partial charge in [-0.3, -0.25) is 15.4 Å². The van der Waals surface area contributed by atoms with E-state index in [1.165, 1.54) is 24.5 Å².